The van der Waals surface area contributed by atoms with Crippen LogP contribution in [0.4, 0.5) is 0 Å². The Morgan fingerprint density at radius 1 is 1.10 bits per heavy atom. The summed E-state index contributed by atoms with van der Waals surface area (Å²) in [5.74, 6) is 0. The van der Waals surface area contributed by atoms with Crippen LogP contribution >= 0.6 is 0 Å². The molecule has 3 rings (SSSR count). The minimum atomic E-state index is 0.156. The Bertz CT molecular complexity index is 646. The van der Waals surface area contributed by atoms with Gasteiger partial charge in [-0.05, 0) is 39.8 Å². The lowest BCUT2D eigenvalue weighted by molar-refractivity contribution is 0.0315. The number of piperazine rings is 1. The van der Waals surface area contributed by atoms with E-state index in [9.17, 15) is 0 Å². The van der Waals surface area contributed by atoms with E-state index in [1.54, 1.807) is 0 Å². The van der Waals surface area contributed by atoms with E-state index in [2.05, 4.69) is 74.3 Å². The summed E-state index contributed by atoms with van der Waals surface area (Å²) in [6, 6.07) is 12.7. The van der Waals surface area contributed by atoms with Crippen molar-refractivity contribution in [2.24, 2.45) is 0 Å². The van der Waals surface area contributed by atoms with Crippen LogP contribution < -0.4 is 5.32 Å². The fourth-order valence-corrected chi connectivity index (χ4v) is 2.98. The first-order valence-electron chi connectivity index (χ1n) is 7.71. The summed E-state index contributed by atoms with van der Waals surface area (Å²) in [4.78, 5) is 7.36. The molecule has 0 aliphatic carbocycles. The minimum Gasteiger partial charge on any atom is -0.309 e. The molecule has 1 aliphatic heterocycles. The third kappa shape index (κ3) is 3.09. The summed E-state index contributed by atoms with van der Waals surface area (Å²) in [5.41, 5.74) is 2.55. The van der Waals surface area contributed by atoms with Gasteiger partial charge in [0, 0.05) is 36.1 Å². The van der Waals surface area contributed by atoms with E-state index in [1.165, 1.54) is 5.39 Å². The van der Waals surface area contributed by atoms with Gasteiger partial charge in [0.25, 0.3) is 0 Å². The van der Waals surface area contributed by atoms with Crippen molar-refractivity contribution in [3.63, 3.8) is 0 Å². The Labute approximate surface area is 127 Å². The van der Waals surface area contributed by atoms with Crippen molar-refractivity contribution in [3.05, 3.63) is 42.1 Å². The highest BCUT2D eigenvalue weighted by Crippen LogP contribution is 2.25. The van der Waals surface area contributed by atoms with Gasteiger partial charge in [-0.25, -0.2) is 0 Å². The van der Waals surface area contributed by atoms with E-state index in [-0.39, 0.29) is 11.1 Å². The van der Waals surface area contributed by atoms with Crippen molar-refractivity contribution in [3.8, 4) is 0 Å². The van der Waals surface area contributed by atoms with Crippen LogP contribution in [0.3, 0.4) is 0 Å². The Morgan fingerprint density at radius 3 is 2.67 bits per heavy atom. The van der Waals surface area contributed by atoms with Crippen molar-refractivity contribution in [2.45, 2.75) is 45.3 Å². The Hall–Kier alpha value is -1.45. The largest absolute Gasteiger partial charge is 0.309 e. The zero-order chi connectivity index (χ0) is 15.1. The van der Waals surface area contributed by atoms with Crippen LogP contribution in [-0.4, -0.2) is 34.1 Å². The molecule has 1 aromatic carbocycles. The molecule has 0 spiro atoms. The predicted octanol–water partition coefficient (Wildman–Crippen LogP) is 3.20. The van der Waals surface area contributed by atoms with Gasteiger partial charge in [-0.2, -0.15) is 0 Å². The molecule has 0 bridgehead atoms. The predicted molar refractivity (Wildman–Crippen MR) is 88.3 cm³/mol. The van der Waals surface area contributed by atoms with Crippen molar-refractivity contribution in [1.82, 2.24) is 15.2 Å². The van der Waals surface area contributed by atoms with Crippen LogP contribution in [0.5, 0.6) is 0 Å². The van der Waals surface area contributed by atoms with Gasteiger partial charge in [0.15, 0.2) is 0 Å². The molecule has 21 heavy (non-hydrogen) atoms. The molecule has 0 amide bonds. The van der Waals surface area contributed by atoms with Crippen molar-refractivity contribution >= 4 is 10.9 Å². The number of para-hydroxylation sites is 1. The van der Waals surface area contributed by atoms with Gasteiger partial charge in [0.05, 0.1) is 11.2 Å². The SMILES string of the molecule is CC1(C)CN(Cc2ccc3ccccc3n2)C(C)(C)CN1. The Kier molecular flexibility index (Phi) is 3.50. The Morgan fingerprint density at radius 2 is 1.86 bits per heavy atom. The van der Waals surface area contributed by atoms with Gasteiger partial charge >= 0.3 is 0 Å². The lowest BCUT2D eigenvalue weighted by Crippen LogP contribution is -2.65. The molecular weight excluding hydrogens is 258 g/mol. The number of nitrogens with one attached hydrogen (secondary N) is 1. The van der Waals surface area contributed by atoms with Gasteiger partial charge in [-0.3, -0.25) is 9.88 Å². The fraction of sp³-hybridized carbons (Fsp3) is 0.500. The zero-order valence-electron chi connectivity index (χ0n) is 13.5. The highest BCUT2D eigenvalue weighted by Gasteiger charge is 2.37. The highest BCUT2D eigenvalue weighted by atomic mass is 15.3. The molecule has 1 saturated heterocycles. The monoisotopic (exact) mass is 283 g/mol. The number of rotatable bonds is 2. The molecule has 0 saturated carbocycles. The maximum atomic E-state index is 4.82. The number of fused-ring (bicyclic) bond motifs is 1. The average molecular weight is 283 g/mol. The van der Waals surface area contributed by atoms with E-state index in [4.69, 9.17) is 4.98 Å². The van der Waals surface area contributed by atoms with Crippen LogP contribution in [0.2, 0.25) is 0 Å². The minimum absolute atomic E-state index is 0.156. The summed E-state index contributed by atoms with van der Waals surface area (Å²) in [6.45, 7) is 12.1. The van der Waals surface area contributed by atoms with Gasteiger partial charge in [0.2, 0.25) is 0 Å². The third-order valence-corrected chi connectivity index (χ3v) is 4.45. The lowest BCUT2D eigenvalue weighted by atomic mass is 9.91. The van der Waals surface area contributed by atoms with Crippen LogP contribution in [0.1, 0.15) is 33.4 Å². The summed E-state index contributed by atoms with van der Waals surface area (Å²) < 4.78 is 0. The molecule has 2 heterocycles. The summed E-state index contributed by atoms with van der Waals surface area (Å²) in [7, 11) is 0. The quantitative estimate of drug-likeness (QED) is 0.917. The number of benzene rings is 1. The molecule has 1 aliphatic rings. The molecule has 1 N–H and O–H groups in total. The van der Waals surface area contributed by atoms with E-state index in [0.29, 0.717) is 0 Å². The van der Waals surface area contributed by atoms with Crippen molar-refractivity contribution in [1.29, 1.82) is 0 Å². The molecule has 0 atom stereocenters. The average Bonchev–Trinajstić information content (AvgIpc) is 2.43. The van der Waals surface area contributed by atoms with Gasteiger partial charge < -0.3 is 5.32 Å². The highest BCUT2D eigenvalue weighted by molar-refractivity contribution is 5.78. The molecular formula is C18H25N3. The van der Waals surface area contributed by atoms with Crippen LogP contribution in [0, 0.1) is 0 Å². The maximum absolute atomic E-state index is 4.82. The maximum Gasteiger partial charge on any atom is 0.0705 e. The molecule has 1 aromatic heterocycles. The van der Waals surface area contributed by atoms with Gasteiger partial charge in [0.1, 0.15) is 0 Å². The smallest absolute Gasteiger partial charge is 0.0705 e. The van der Waals surface area contributed by atoms with Crippen molar-refractivity contribution < 1.29 is 0 Å². The molecule has 0 radical (unpaired) electrons. The third-order valence-electron chi connectivity index (χ3n) is 4.45. The van der Waals surface area contributed by atoms with Crippen LogP contribution in [0.25, 0.3) is 10.9 Å². The van der Waals surface area contributed by atoms with Gasteiger partial charge in [-0.1, -0.05) is 24.3 Å². The number of nitrogens with zero attached hydrogens (tertiary/aromatic N) is 2. The molecule has 112 valence electrons. The molecule has 3 heteroatoms. The second-order valence-corrected chi connectivity index (χ2v) is 7.40. The normalized spacial score (nSPS) is 21.5. The zero-order valence-corrected chi connectivity index (χ0v) is 13.5. The van der Waals surface area contributed by atoms with E-state index < -0.39 is 0 Å². The van der Waals surface area contributed by atoms with Crippen LogP contribution in [0.15, 0.2) is 36.4 Å². The van der Waals surface area contributed by atoms with Crippen LogP contribution in [-0.2, 0) is 6.54 Å². The van der Waals surface area contributed by atoms with E-state index in [1.807, 2.05) is 0 Å². The first-order chi connectivity index (χ1) is 9.86. The standard InChI is InChI=1S/C18H25N3/c1-17(2)13-21(18(3,4)12-19-17)11-15-10-9-14-7-5-6-8-16(14)20-15/h5-10,19H,11-13H2,1-4H3. The number of hydrogen-bond donors (Lipinski definition) is 1. The first kappa shape index (κ1) is 14.5. The first-order valence-corrected chi connectivity index (χ1v) is 7.71. The number of aromatic nitrogens is 1. The Balaban J connectivity index is 1.86. The summed E-state index contributed by atoms with van der Waals surface area (Å²) in [5, 5.41) is 4.84. The van der Waals surface area contributed by atoms with Gasteiger partial charge in [-0.15, -0.1) is 0 Å². The summed E-state index contributed by atoms with van der Waals surface area (Å²) in [6.07, 6.45) is 0. The second kappa shape index (κ2) is 5.08. The topological polar surface area (TPSA) is 28.2 Å². The fourth-order valence-electron chi connectivity index (χ4n) is 2.98. The summed E-state index contributed by atoms with van der Waals surface area (Å²) >= 11 is 0. The molecule has 1 fully saturated rings. The molecule has 0 unspecified atom stereocenters. The molecule has 3 nitrogen and oxygen atoms in total. The van der Waals surface area contributed by atoms with E-state index >= 15 is 0 Å². The number of pyridine rings is 1. The van der Waals surface area contributed by atoms with Crippen molar-refractivity contribution in [2.75, 3.05) is 13.1 Å². The van der Waals surface area contributed by atoms with E-state index in [0.717, 1.165) is 30.8 Å². The lowest BCUT2D eigenvalue weighted by Gasteiger charge is -2.49. The second-order valence-electron chi connectivity index (χ2n) is 7.40. The molecule has 2 aromatic rings. The number of hydrogen-bond acceptors (Lipinski definition) is 3.